The minimum absolute atomic E-state index is 1.83. The van der Waals surface area contributed by atoms with Gasteiger partial charge >= 0.3 is 65.6 Å². The first-order valence-electron chi connectivity index (χ1n) is 8.01. The summed E-state index contributed by atoms with van der Waals surface area (Å²) in [7, 11) is 0. The van der Waals surface area contributed by atoms with E-state index in [0.717, 1.165) is 0 Å². The summed E-state index contributed by atoms with van der Waals surface area (Å²) in [5.74, 6) is -81.6. The number of aliphatic hydroxyl groups is 1. The van der Waals surface area contributed by atoms with Crippen molar-refractivity contribution in [2.45, 2.75) is 78.2 Å². The smallest absolute Gasteiger partial charge is 0.331 e. The molecule has 25 heteroatoms. The lowest BCUT2D eigenvalue weighted by Crippen LogP contribution is -2.78. The van der Waals surface area contributed by atoms with Gasteiger partial charge in [-0.05, 0) is 6.92 Å². The van der Waals surface area contributed by atoms with E-state index in [-0.39, 0.29) is 0 Å². The van der Waals surface area contributed by atoms with Gasteiger partial charge in [0.15, 0.2) is 0 Å². The van der Waals surface area contributed by atoms with Crippen molar-refractivity contribution in [2.75, 3.05) is 0 Å². The molecule has 1 N–H and O–H groups in total. The van der Waals surface area contributed by atoms with Crippen molar-refractivity contribution in [2.24, 2.45) is 0 Å². The number of hydrogen-bond donors (Lipinski definition) is 1. The van der Waals surface area contributed by atoms with Gasteiger partial charge in [0.1, 0.15) is 0 Å². The van der Waals surface area contributed by atoms with Crippen LogP contribution < -0.4 is 0 Å². The molecular weight excluding hydrogens is 628 g/mol. The molecule has 0 fully saturated rings. The molecular formula is C13H4F24O. The van der Waals surface area contributed by atoms with Gasteiger partial charge in [-0.3, -0.25) is 0 Å². The highest BCUT2D eigenvalue weighted by Crippen LogP contribution is 2.67. The summed E-state index contributed by atoms with van der Waals surface area (Å²) in [4.78, 5) is 0. The summed E-state index contributed by atoms with van der Waals surface area (Å²) in [6.45, 7) is -1.83. The van der Waals surface area contributed by atoms with Gasteiger partial charge in [-0.25, -0.2) is 4.39 Å². The predicted molar refractivity (Wildman–Crippen MR) is 67.3 cm³/mol. The highest BCUT2D eigenvalue weighted by atomic mass is 19.4. The molecule has 0 aromatic rings. The molecule has 0 spiro atoms. The zero-order valence-corrected chi connectivity index (χ0v) is 16.5. The molecule has 0 amide bonds. The normalized spacial score (nSPS) is 18.5. The van der Waals surface area contributed by atoms with Crippen LogP contribution in [0.1, 0.15) is 6.92 Å². The van der Waals surface area contributed by atoms with E-state index in [0.29, 0.717) is 0 Å². The Morgan fingerprint density at radius 2 is 0.447 bits per heavy atom. The summed E-state index contributed by atoms with van der Waals surface area (Å²) in [5, 5.41) is 7.43. The summed E-state index contributed by atoms with van der Waals surface area (Å²) < 4.78 is 313. The topological polar surface area (TPSA) is 20.2 Å². The molecule has 0 aromatic carbocycles. The number of hydrogen-bond acceptors (Lipinski definition) is 1. The van der Waals surface area contributed by atoms with Crippen molar-refractivity contribution in [3.05, 3.63) is 0 Å². The molecule has 230 valence electrons. The van der Waals surface area contributed by atoms with E-state index >= 15 is 0 Å². The van der Waals surface area contributed by atoms with Gasteiger partial charge in [-0.2, -0.15) is 101 Å². The van der Waals surface area contributed by atoms with Crippen molar-refractivity contribution >= 4 is 0 Å². The van der Waals surface area contributed by atoms with Crippen molar-refractivity contribution in [3.63, 3.8) is 0 Å². The van der Waals surface area contributed by atoms with Crippen LogP contribution in [-0.2, 0) is 0 Å². The first kappa shape index (κ1) is 36.3. The molecule has 0 aliphatic rings. The van der Waals surface area contributed by atoms with Crippen LogP contribution in [0.4, 0.5) is 105 Å². The van der Waals surface area contributed by atoms with Crippen LogP contribution in [0.5, 0.6) is 0 Å². The molecule has 1 atom stereocenters. The maximum absolute atomic E-state index is 13.5. The number of alkyl halides is 24. The van der Waals surface area contributed by atoms with E-state index in [2.05, 4.69) is 0 Å². The van der Waals surface area contributed by atoms with E-state index in [1.165, 1.54) is 0 Å². The Bertz CT molecular complexity index is 799. The zero-order valence-electron chi connectivity index (χ0n) is 16.5. The van der Waals surface area contributed by atoms with Crippen molar-refractivity contribution in [1.29, 1.82) is 0 Å². The summed E-state index contributed by atoms with van der Waals surface area (Å²) >= 11 is 0. The Hall–Kier alpha value is -1.72. The van der Waals surface area contributed by atoms with Gasteiger partial charge in [-0.15, -0.1) is 0 Å². The summed E-state index contributed by atoms with van der Waals surface area (Å²) in [5.41, 5.74) is -7.16. The highest BCUT2D eigenvalue weighted by Gasteiger charge is 2.99. The van der Waals surface area contributed by atoms with Gasteiger partial charge in [0.05, 0.1) is 0 Å². The molecule has 0 bridgehead atoms. The molecule has 0 aromatic heterocycles. The predicted octanol–water partition coefficient (Wildman–Crippen LogP) is 7.58. The van der Waals surface area contributed by atoms with E-state index in [1.54, 1.807) is 0 Å². The zero-order chi connectivity index (χ0) is 32.0. The Morgan fingerprint density at radius 1 is 0.289 bits per heavy atom. The van der Waals surface area contributed by atoms with E-state index in [9.17, 15) is 105 Å². The third kappa shape index (κ3) is 4.01. The SMILES string of the molecule is CC(F)(C(F)(F)F)C(F)(F)C(F)(F)C(F)(F)C(F)(F)C(F)(F)C(F)(F)C(F)(F)C(F)(F)C(F)(F)C(O)(F)F. The van der Waals surface area contributed by atoms with Crippen molar-refractivity contribution < 1.29 is 110 Å². The third-order valence-electron chi connectivity index (χ3n) is 4.65. The minimum Gasteiger partial charge on any atom is -0.331 e. The van der Waals surface area contributed by atoms with Crippen LogP contribution in [0.15, 0.2) is 0 Å². The van der Waals surface area contributed by atoms with Gasteiger partial charge in [0, 0.05) is 0 Å². The van der Waals surface area contributed by atoms with Crippen LogP contribution in [0.3, 0.4) is 0 Å². The fourth-order valence-corrected chi connectivity index (χ4v) is 2.04. The maximum atomic E-state index is 13.5. The molecule has 1 nitrogen and oxygen atoms in total. The van der Waals surface area contributed by atoms with E-state index in [1.807, 2.05) is 0 Å². The molecule has 0 aliphatic carbocycles. The summed E-state index contributed by atoms with van der Waals surface area (Å²) in [6.07, 6.45) is -15.1. The lowest BCUT2D eigenvalue weighted by molar-refractivity contribution is -0.483. The van der Waals surface area contributed by atoms with Crippen LogP contribution >= 0.6 is 0 Å². The fraction of sp³-hybridized carbons (Fsp3) is 1.00. The van der Waals surface area contributed by atoms with Crippen LogP contribution in [-0.4, -0.2) is 76.4 Å². The number of rotatable bonds is 10. The molecule has 0 rings (SSSR count). The average Bonchev–Trinajstić information content (AvgIpc) is 2.64. The molecule has 1 unspecified atom stereocenters. The second-order valence-electron chi connectivity index (χ2n) is 7.21. The highest BCUT2D eigenvalue weighted by molar-refractivity contribution is 5.19. The Kier molecular flexibility index (Phi) is 8.01. The minimum atomic E-state index is -9.48. The lowest BCUT2D eigenvalue weighted by atomic mass is 9.83. The monoisotopic (exact) mass is 632 g/mol. The second kappa shape index (κ2) is 8.39. The third-order valence-corrected chi connectivity index (χ3v) is 4.65. The molecule has 0 saturated carbocycles. The van der Waals surface area contributed by atoms with E-state index < -0.39 is 78.2 Å². The van der Waals surface area contributed by atoms with Gasteiger partial charge in [0.25, 0.3) is 5.67 Å². The average molecular weight is 632 g/mol. The Balaban J connectivity index is 7.29. The van der Waals surface area contributed by atoms with Crippen molar-refractivity contribution in [3.8, 4) is 0 Å². The second-order valence-corrected chi connectivity index (χ2v) is 7.21. The molecule has 0 aliphatic heterocycles. The molecule has 0 heterocycles. The molecule has 38 heavy (non-hydrogen) atoms. The van der Waals surface area contributed by atoms with Gasteiger partial charge < -0.3 is 5.11 Å². The van der Waals surface area contributed by atoms with Gasteiger partial charge in [0.2, 0.25) is 0 Å². The van der Waals surface area contributed by atoms with Crippen LogP contribution in [0, 0.1) is 0 Å². The van der Waals surface area contributed by atoms with Crippen LogP contribution in [0.2, 0.25) is 0 Å². The van der Waals surface area contributed by atoms with E-state index in [4.69, 9.17) is 5.11 Å². The maximum Gasteiger partial charge on any atom is 0.428 e. The molecule has 0 saturated heterocycles. The van der Waals surface area contributed by atoms with Gasteiger partial charge in [-0.1, -0.05) is 0 Å². The number of halogens is 24. The standard InChI is InChI=1S/C13H4F24O/c1-2(14,12(33,34)35)3(15,16)4(17,18)5(19,20)6(21,22)7(23,24)8(25,26)9(27,28)10(29,30)11(31,32)13(36,37)38/h38H,1H3. The Morgan fingerprint density at radius 3 is 0.605 bits per heavy atom. The first-order chi connectivity index (χ1) is 15.8. The quantitative estimate of drug-likeness (QED) is 0.247. The summed E-state index contributed by atoms with van der Waals surface area (Å²) in [6, 6.07) is 0. The fourth-order valence-electron chi connectivity index (χ4n) is 2.04. The van der Waals surface area contributed by atoms with Crippen LogP contribution in [0.25, 0.3) is 0 Å². The molecule has 0 radical (unpaired) electrons. The largest absolute Gasteiger partial charge is 0.428 e. The first-order valence-corrected chi connectivity index (χ1v) is 8.01. The van der Waals surface area contributed by atoms with Crippen molar-refractivity contribution in [1.82, 2.24) is 0 Å². The lowest BCUT2D eigenvalue weighted by Gasteiger charge is -2.46. The Labute approximate surface area is 190 Å².